The highest BCUT2D eigenvalue weighted by Gasteiger charge is 2.13. The van der Waals surface area contributed by atoms with Gasteiger partial charge in [-0.3, -0.25) is 0 Å². The summed E-state index contributed by atoms with van der Waals surface area (Å²) >= 11 is 0. The maximum Gasteiger partial charge on any atom is 0.0541 e. The van der Waals surface area contributed by atoms with Crippen LogP contribution in [-0.2, 0) is 0 Å². The Morgan fingerprint density at radius 2 is 1.27 bits per heavy atom. The highest BCUT2D eigenvalue weighted by molar-refractivity contribution is 6.10. The molecule has 0 amide bonds. The van der Waals surface area contributed by atoms with Crippen LogP contribution in [0.5, 0.6) is 0 Å². The number of benzene rings is 4. The van der Waals surface area contributed by atoms with Crippen LogP contribution in [0.1, 0.15) is 5.56 Å². The molecule has 0 N–H and O–H groups in total. The molecule has 0 aliphatic heterocycles. The van der Waals surface area contributed by atoms with Crippen LogP contribution in [0, 0.1) is 6.92 Å². The van der Waals surface area contributed by atoms with Gasteiger partial charge in [0, 0.05) is 16.5 Å². The lowest BCUT2D eigenvalue weighted by Crippen LogP contribution is -1.92. The van der Waals surface area contributed by atoms with Gasteiger partial charge in [-0.25, -0.2) is 0 Å². The largest absolute Gasteiger partial charge is 0.309 e. The lowest BCUT2D eigenvalue weighted by atomic mass is 9.99. The summed E-state index contributed by atoms with van der Waals surface area (Å²) < 4.78 is 2.35. The molecule has 0 saturated carbocycles. The molecule has 0 radical (unpaired) electrons. The minimum Gasteiger partial charge on any atom is -0.309 e. The molecule has 5 aromatic rings. The number of rotatable bonds is 2. The van der Waals surface area contributed by atoms with Crippen molar-refractivity contribution in [2.45, 2.75) is 6.92 Å². The van der Waals surface area contributed by atoms with Crippen molar-refractivity contribution in [1.29, 1.82) is 0 Å². The van der Waals surface area contributed by atoms with Crippen LogP contribution >= 0.6 is 0 Å². The van der Waals surface area contributed by atoms with E-state index >= 15 is 0 Å². The van der Waals surface area contributed by atoms with E-state index in [1.165, 1.54) is 44.2 Å². The summed E-state index contributed by atoms with van der Waals surface area (Å²) in [6.45, 7) is 2.17. The third kappa shape index (κ3) is 2.25. The van der Waals surface area contributed by atoms with E-state index in [1.807, 2.05) is 0 Å². The molecule has 1 heteroatoms. The van der Waals surface area contributed by atoms with Crippen molar-refractivity contribution in [3.05, 3.63) is 103 Å². The molecule has 1 heterocycles. The molecule has 0 saturated heterocycles. The van der Waals surface area contributed by atoms with Gasteiger partial charge in [-0.05, 0) is 53.9 Å². The van der Waals surface area contributed by atoms with E-state index in [2.05, 4.69) is 109 Å². The van der Waals surface area contributed by atoms with Gasteiger partial charge in [-0.2, -0.15) is 0 Å². The second-order valence-corrected chi connectivity index (χ2v) is 6.73. The number of para-hydroxylation sites is 2. The van der Waals surface area contributed by atoms with Gasteiger partial charge in [0.15, 0.2) is 0 Å². The van der Waals surface area contributed by atoms with E-state index in [0.29, 0.717) is 0 Å². The maximum atomic E-state index is 2.35. The number of nitrogens with zero attached hydrogens (tertiary/aromatic N) is 1. The van der Waals surface area contributed by atoms with E-state index in [-0.39, 0.29) is 0 Å². The van der Waals surface area contributed by atoms with Crippen LogP contribution in [0.15, 0.2) is 97.1 Å². The summed E-state index contributed by atoms with van der Waals surface area (Å²) in [6, 6.07) is 34.7. The van der Waals surface area contributed by atoms with E-state index in [4.69, 9.17) is 0 Å². The van der Waals surface area contributed by atoms with Crippen molar-refractivity contribution < 1.29 is 0 Å². The molecule has 0 spiro atoms. The van der Waals surface area contributed by atoms with Crippen molar-refractivity contribution in [3.63, 3.8) is 0 Å². The average Bonchev–Trinajstić information content (AvgIpc) is 3.03. The zero-order chi connectivity index (χ0) is 17.5. The molecule has 4 aromatic carbocycles. The first kappa shape index (κ1) is 15.0. The van der Waals surface area contributed by atoms with E-state index in [9.17, 15) is 0 Å². The summed E-state index contributed by atoms with van der Waals surface area (Å²) in [5.41, 5.74) is 7.56. The molecule has 1 aromatic heterocycles. The Morgan fingerprint density at radius 1 is 0.577 bits per heavy atom. The Morgan fingerprint density at radius 3 is 2.12 bits per heavy atom. The summed E-state index contributed by atoms with van der Waals surface area (Å²) in [6.07, 6.45) is 0. The molecule has 0 unspecified atom stereocenters. The summed E-state index contributed by atoms with van der Waals surface area (Å²) in [7, 11) is 0. The zero-order valence-electron chi connectivity index (χ0n) is 14.7. The first-order valence-electron chi connectivity index (χ1n) is 8.97. The minimum absolute atomic E-state index is 1.20. The van der Waals surface area contributed by atoms with Gasteiger partial charge in [0.25, 0.3) is 0 Å². The first-order chi connectivity index (χ1) is 12.8. The fraction of sp³-hybridized carbons (Fsp3) is 0.0400. The van der Waals surface area contributed by atoms with E-state index in [1.54, 1.807) is 0 Å². The summed E-state index contributed by atoms with van der Waals surface area (Å²) in [4.78, 5) is 0. The van der Waals surface area contributed by atoms with Crippen molar-refractivity contribution in [1.82, 2.24) is 4.57 Å². The normalized spacial score (nSPS) is 11.3. The first-order valence-corrected chi connectivity index (χ1v) is 8.97. The lowest BCUT2D eigenvalue weighted by Gasteiger charge is -2.09. The molecule has 1 nitrogen and oxygen atoms in total. The third-order valence-corrected chi connectivity index (χ3v) is 5.14. The number of aryl methyl sites for hydroxylation is 1. The fourth-order valence-corrected chi connectivity index (χ4v) is 3.89. The average molecular weight is 333 g/mol. The van der Waals surface area contributed by atoms with Crippen molar-refractivity contribution in [2.24, 2.45) is 0 Å². The summed E-state index contributed by atoms with van der Waals surface area (Å²) in [5.74, 6) is 0. The second kappa shape index (κ2) is 5.89. The predicted molar refractivity (Wildman–Crippen MR) is 111 cm³/mol. The van der Waals surface area contributed by atoms with E-state index in [0.717, 1.165) is 0 Å². The Hall–Kier alpha value is -3.32. The van der Waals surface area contributed by atoms with Gasteiger partial charge in [0.2, 0.25) is 0 Å². The van der Waals surface area contributed by atoms with Crippen molar-refractivity contribution in [2.75, 3.05) is 0 Å². The number of fused-ring (bicyclic) bond motifs is 3. The van der Waals surface area contributed by atoms with Gasteiger partial charge < -0.3 is 4.57 Å². The Balaban J connectivity index is 1.86. The van der Waals surface area contributed by atoms with Crippen LogP contribution < -0.4 is 0 Å². The Labute approximate surface area is 153 Å². The van der Waals surface area contributed by atoms with Crippen LogP contribution in [-0.4, -0.2) is 4.57 Å². The van der Waals surface area contributed by atoms with Crippen LogP contribution in [0.4, 0.5) is 0 Å². The fourth-order valence-electron chi connectivity index (χ4n) is 3.89. The topological polar surface area (TPSA) is 4.93 Å². The minimum atomic E-state index is 1.20. The highest BCUT2D eigenvalue weighted by atomic mass is 15.0. The third-order valence-electron chi connectivity index (χ3n) is 5.14. The molecule has 5 rings (SSSR count). The molecule has 0 aliphatic rings. The Bertz CT molecular complexity index is 1230. The zero-order valence-corrected chi connectivity index (χ0v) is 14.7. The molecule has 0 fully saturated rings. The molecule has 26 heavy (non-hydrogen) atoms. The van der Waals surface area contributed by atoms with E-state index < -0.39 is 0 Å². The SMILES string of the molecule is Cc1ccccc1-c1ccc2c(c1)c1ccccc1n2-c1ccccc1. The van der Waals surface area contributed by atoms with Gasteiger partial charge in [0.05, 0.1) is 11.0 Å². The number of hydrogen-bond donors (Lipinski definition) is 0. The molecular formula is C25H19N. The molecular weight excluding hydrogens is 314 g/mol. The van der Waals surface area contributed by atoms with Gasteiger partial charge >= 0.3 is 0 Å². The maximum absolute atomic E-state index is 2.35. The summed E-state index contributed by atoms with van der Waals surface area (Å²) in [5, 5.41) is 2.59. The number of hydrogen-bond acceptors (Lipinski definition) is 0. The van der Waals surface area contributed by atoms with Crippen LogP contribution in [0.3, 0.4) is 0 Å². The highest BCUT2D eigenvalue weighted by Crippen LogP contribution is 2.35. The van der Waals surface area contributed by atoms with Crippen LogP contribution in [0.2, 0.25) is 0 Å². The molecule has 124 valence electrons. The predicted octanol–water partition coefficient (Wildman–Crippen LogP) is 6.76. The van der Waals surface area contributed by atoms with Gasteiger partial charge in [-0.15, -0.1) is 0 Å². The molecule has 0 bridgehead atoms. The smallest absolute Gasteiger partial charge is 0.0541 e. The standard InChI is InChI=1S/C25H19N/c1-18-9-5-6-12-21(18)19-15-16-25-23(17-19)22-13-7-8-14-24(22)26(25)20-10-3-2-4-11-20/h2-17H,1H3. The van der Waals surface area contributed by atoms with Crippen molar-refractivity contribution >= 4 is 21.8 Å². The Kier molecular flexibility index (Phi) is 3.39. The van der Waals surface area contributed by atoms with Crippen molar-refractivity contribution in [3.8, 4) is 16.8 Å². The molecule has 0 aliphatic carbocycles. The van der Waals surface area contributed by atoms with Gasteiger partial charge in [0.1, 0.15) is 0 Å². The lowest BCUT2D eigenvalue weighted by molar-refractivity contribution is 1.18. The molecule has 0 atom stereocenters. The van der Waals surface area contributed by atoms with Crippen LogP contribution in [0.25, 0.3) is 38.6 Å². The monoisotopic (exact) mass is 333 g/mol. The quantitative estimate of drug-likeness (QED) is 0.336. The second-order valence-electron chi connectivity index (χ2n) is 6.73. The number of aromatic nitrogens is 1. The van der Waals surface area contributed by atoms with Gasteiger partial charge in [-0.1, -0.05) is 66.7 Å².